The quantitative estimate of drug-likeness (QED) is 0.722. The molecule has 5 nitrogen and oxygen atoms in total. The summed E-state index contributed by atoms with van der Waals surface area (Å²) < 4.78 is 0. The Hall–Kier alpha value is -1.10. The van der Waals surface area contributed by atoms with E-state index in [1.54, 1.807) is 6.92 Å². The monoisotopic (exact) mass is 270 g/mol. The molecule has 0 aromatic rings. The maximum Gasteiger partial charge on any atom is 0.306 e. The Bertz CT molecular complexity index is 308. The van der Waals surface area contributed by atoms with Crippen molar-refractivity contribution < 1.29 is 14.7 Å². The highest BCUT2D eigenvalue weighted by Crippen LogP contribution is 2.23. The molecule has 1 aliphatic heterocycles. The fourth-order valence-corrected chi connectivity index (χ4v) is 2.45. The second-order valence-electron chi connectivity index (χ2n) is 5.46. The average Bonchev–Trinajstić information content (AvgIpc) is 2.31. The van der Waals surface area contributed by atoms with Gasteiger partial charge in [0.2, 0.25) is 5.91 Å². The van der Waals surface area contributed by atoms with Crippen LogP contribution in [0.3, 0.4) is 0 Å². The number of carboxylic acids is 1. The molecular formula is C14H26N2O3. The molecule has 1 rings (SSSR count). The first-order chi connectivity index (χ1) is 8.99. The van der Waals surface area contributed by atoms with Crippen LogP contribution < -0.4 is 0 Å². The Morgan fingerprint density at radius 1 is 1.26 bits per heavy atom. The third kappa shape index (κ3) is 4.49. The predicted molar refractivity (Wildman–Crippen MR) is 73.9 cm³/mol. The maximum atomic E-state index is 12.1. The second-order valence-corrected chi connectivity index (χ2v) is 5.46. The third-order valence-corrected chi connectivity index (χ3v) is 3.78. The van der Waals surface area contributed by atoms with E-state index in [1.165, 1.54) is 0 Å². The van der Waals surface area contributed by atoms with E-state index in [1.807, 2.05) is 9.80 Å². The lowest BCUT2D eigenvalue weighted by Crippen LogP contribution is -2.54. The largest absolute Gasteiger partial charge is 0.481 e. The van der Waals surface area contributed by atoms with Crippen LogP contribution in [0.4, 0.5) is 0 Å². The van der Waals surface area contributed by atoms with Gasteiger partial charge >= 0.3 is 5.97 Å². The minimum Gasteiger partial charge on any atom is -0.481 e. The number of amides is 1. The van der Waals surface area contributed by atoms with Crippen LogP contribution in [0, 0.1) is 11.8 Å². The van der Waals surface area contributed by atoms with Crippen molar-refractivity contribution in [3.05, 3.63) is 0 Å². The molecule has 0 spiro atoms. The summed E-state index contributed by atoms with van der Waals surface area (Å²) in [5, 5.41) is 8.92. The topological polar surface area (TPSA) is 60.9 Å². The van der Waals surface area contributed by atoms with Gasteiger partial charge in [-0.1, -0.05) is 20.8 Å². The van der Waals surface area contributed by atoms with E-state index in [9.17, 15) is 9.59 Å². The number of rotatable bonds is 8. The summed E-state index contributed by atoms with van der Waals surface area (Å²) in [5.41, 5.74) is 0. The SMILES string of the molecule is CCCN(CCC)C(=O)CN1CC(C(C)C(=O)O)C1. The molecule has 0 aromatic heterocycles. The van der Waals surface area contributed by atoms with Gasteiger partial charge in [0.25, 0.3) is 0 Å². The number of nitrogens with zero attached hydrogens (tertiary/aromatic N) is 2. The molecule has 0 aromatic carbocycles. The van der Waals surface area contributed by atoms with Crippen LogP contribution in [0.1, 0.15) is 33.6 Å². The number of hydrogen-bond acceptors (Lipinski definition) is 3. The first-order valence-electron chi connectivity index (χ1n) is 7.22. The highest BCUT2D eigenvalue weighted by atomic mass is 16.4. The van der Waals surface area contributed by atoms with Gasteiger partial charge in [-0.2, -0.15) is 0 Å². The zero-order valence-electron chi connectivity index (χ0n) is 12.3. The van der Waals surface area contributed by atoms with E-state index in [0.29, 0.717) is 6.54 Å². The van der Waals surface area contributed by atoms with Gasteiger partial charge in [0.1, 0.15) is 0 Å². The number of likely N-dealkylation sites (tertiary alicyclic amines) is 1. The summed E-state index contributed by atoms with van der Waals surface area (Å²) in [7, 11) is 0. The van der Waals surface area contributed by atoms with Crippen molar-refractivity contribution in [1.82, 2.24) is 9.80 Å². The molecule has 0 radical (unpaired) electrons. The van der Waals surface area contributed by atoms with Crippen molar-refractivity contribution in [2.75, 3.05) is 32.7 Å². The van der Waals surface area contributed by atoms with Crippen molar-refractivity contribution in [3.63, 3.8) is 0 Å². The van der Waals surface area contributed by atoms with Crippen LogP contribution in [0.25, 0.3) is 0 Å². The first-order valence-corrected chi connectivity index (χ1v) is 7.22. The summed E-state index contributed by atoms with van der Waals surface area (Å²) >= 11 is 0. The Morgan fingerprint density at radius 2 is 1.79 bits per heavy atom. The number of carbonyl (C=O) groups excluding carboxylic acids is 1. The van der Waals surface area contributed by atoms with E-state index < -0.39 is 5.97 Å². The van der Waals surface area contributed by atoms with Gasteiger partial charge in [0.15, 0.2) is 0 Å². The zero-order chi connectivity index (χ0) is 14.4. The zero-order valence-corrected chi connectivity index (χ0v) is 12.3. The first kappa shape index (κ1) is 16.0. The lowest BCUT2D eigenvalue weighted by atomic mass is 9.87. The number of aliphatic carboxylic acids is 1. The second kappa shape index (κ2) is 7.48. The van der Waals surface area contributed by atoms with Crippen LogP contribution in [0.2, 0.25) is 0 Å². The lowest BCUT2D eigenvalue weighted by Gasteiger charge is -2.41. The fourth-order valence-electron chi connectivity index (χ4n) is 2.45. The summed E-state index contributed by atoms with van der Waals surface area (Å²) in [4.78, 5) is 26.9. The lowest BCUT2D eigenvalue weighted by molar-refractivity contribution is -0.146. The fraction of sp³-hybridized carbons (Fsp3) is 0.857. The molecule has 1 saturated heterocycles. The van der Waals surface area contributed by atoms with Crippen molar-refractivity contribution in [2.24, 2.45) is 11.8 Å². The van der Waals surface area contributed by atoms with Gasteiger partial charge in [-0.05, 0) is 18.8 Å². The molecule has 5 heteroatoms. The van der Waals surface area contributed by atoms with Crippen molar-refractivity contribution in [1.29, 1.82) is 0 Å². The average molecular weight is 270 g/mol. The van der Waals surface area contributed by atoms with Gasteiger partial charge in [-0.3, -0.25) is 14.5 Å². The minimum absolute atomic E-state index is 0.171. The molecule has 0 saturated carbocycles. The third-order valence-electron chi connectivity index (χ3n) is 3.78. The molecule has 1 N–H and O–H groups in total. The molecule has 1 aliphatic rings. The van der Waals surface area contributed by atoms with E-state index in [4.69, 9.17) is 5.11 Å². The smallest absolute Gasteiger partial charge is 0.306 e. The molecule has 1 fully saturated rings. The van der Waals surface area contributed by atoms with Gasteiger partial charge < -0.3 is 10.0 Å². The van der Waals surface area contributed by atoms with Crippen molar-refractivity contribution in [2.45, 2.75) is 33.6 Å². The number of carboxylic acid groups (broad SMARTS) is 1. The normalized spacial score (nSPS) is 17.8. The van der Waals surface area contributed by atoms with Gasteiger partial charge in [0, 0.05) is 26.2 Å². The van der Waals surface area contributed by atoms with E-state index in [0.717, 1.165) is 39.0 Å². The summed E-state index contributed by atoms with van der Waals surface area (Å²) in [6.45, 7) is 9.41. The van der Waals surface area contributed by atoms with Crippen molar-refractivity contribution >= 4 is 11.9 Å². The van der Waals surface area contributed by atoms with E-state index in [-0.39, 0.29) is 17.7 Å². The highest BCUT2D eigenvalue weighted by molar-refractivity contribution is 5.78. The Labute approximate surface area is 115 Å². The van der Waals surface area contributed by atoms with Crippen LogP contribution >= 0.6 is 0 Å². The molecule has 1 heterocycles. The molecule has 1 unspecified atom stereocenters. The predicted octanol–water partition coefficient (Wildman–Crippen LogP) is 1.29. The van der Waals surface area contributed by atoms with Gasteiger partial charge in [0.05, 0.1) is 12.5 Å². The summed E-state index contributed by atoms with van der Waals surface area (Å²) in [5.74, 6) is -0.690. The van der Waals surface area contributed by atoms with Crippen LogP contribution in [-0.4, -0.2) is 59.5 Å². The molecule has 110 valence electrons. The molecular weight excluding hydrogens is 244 g/mol. The maximum absolute atomic E-state index is 12.1. The van der Waals surface area contributed by atoms with Crippen LogP contribution in [0.15, 0.2) is 0 Å². The van der Waals surface area contributed by atoms with E-state index >= 15 is 0 Å². The molecule has 1 atom stereocenters. The Morgan fingerprint density at radius 3 is 2.21 bits per heavy atom. The van der Waals surface area contributed by atoms with Gasteiger partial charge in [-0.15, -0.1) is 0 Å². The molecule has 1 amide bonds. The molecule has 19 heavy (non-hydrogen) atoms. The summed E-state index contributed by atoms with van der Waals surface area (Å²) in [6, 6.07) is 0. The number of hydrogen-bond donors (Lipinski definition) is 1. The highest BCUT2D eigenvalue weighted by Gasteiger charge is 2.35. The Balaban J connectivity index is 2.33. The molecule has 0 bridgehead atoms. The Kier molecular flexibility index (Phi) is 6.28. The summed E-state index contributed by atoms with van der Waals surface area (Å²) in [6.07, 6.45) is 1.95. The van der Waals surface area contributed by atoms with E-state index in [2.05, 4.69) is 13.8 Å². The number of carbonyl (C=O) groups is 2. The molecule has 0 aliphatic carbocycles. The van der Waals surface area contributed by atoms with Crippen molar-refractivity contribution in [3.8, 4) is 0 Å². The standard InChI is InChI=1S/C14H26N2O3/c1-4-6-16(7-5-2)13(17)10-15-8-12(9-15)11(3)14(18)19/h11-12H,4-10H2,1-3H3,(H,18,19). The van der Waals surface area contributed by atoms with Crippen LogP contribution in [0.5, 0.6) is 0 Å². The van der Waals surface area contributed by atoms with Gasteiger partial charge in [-0.25, -0.2) is 0 Å². The van der Waals surface area contributed by atoms with Crippen LogP contribution in [-0.2, 0) is 9.59 Å². The minimum atomic E-state index is -0.741.